The van der Waals surface area contributed by atoms with E-state index < -0.39 is 6.04 Å². The summed E-state index contributed by atoms with van der Waals surface area (Å²) in [6.45, 7) is 3.34. The molecule has 7 rings (SSSR count). The highest BCUT2D eigenvalue weighted by atomic mass is 16.2. The van der Waals surface area contributed by atoms with Crippen molar-refractivity contribution in [1.29, 1.82) is 0 Å². The molecule has 8 nitrogen and oxygen atoms in total. The number of fused-ring (bicyclic) bond motifs is 1. The number of aromatic nitrogens is 1. The van der Waals surface area contributed by atoms with Gasteiger partial charge < -0.3 is 20.1 Å². The van der Waals surface area contributed by atoms with Crippen molar-refractivity contribution in [3.63, 3.8) is 0 Å². The number of nitrogens with one attached hydrogen (secondary N) is 2. The number of H-pyrrole nitrogens is 1. The molecular formula is C43H44N4O4. The molecule has 51 heavy (non-hydrogen) atoms. The molecule has 0 radical (unpaired) electrons. The first-order valence-electron chi connectivity index (χ1n) is 18.1. The lowest BCUT2D eigenvalue weighted by atomic mass is 9.98. The van der Waals surface area contributed by atoms with E-state index in [0.717, 1.165) is 63.7 Å². The Bertz CT molecular complexity index is 2040. The normalized spacial score (nSPS) is 17.2. The summed E-state index contributed by atoms with van der Waals surface area (Å²) in [5.74, 6) is -0.0935. The molecule has 0 bridgehead atoms. The van der Waals surface area contributed by atoms with Gasteiger partial charge in [-0.1, -0.05) is 85.8 Å². The highest BCUT2D eigenvalue weighted by Gasteiger charge is 2.35. The zero-order valence-corrected chi connectivity index (χ0v) is 29.1. The van der Waals surface area contributed by atoms with E-state index in [4.69, 9.17) is 0 Å². The van der Waals surface area contributed by atoms with Crippen LogP contribution in [0.25, 0.3) is 22.2 Å². The largest absolute Gasteiger partial charge is 0.354 e. The lowest BCUT2D eigenvalue weighted by Gasteiger charge is -2.24. The van der Waals surface area contributed by atoms with Crippen molar-refractivity contribution in [2.24, 2.45) is 0 Å². The summed E-state index contributed by atoms with van der Waals surface area (Å²) in [6.07, 6.45) is 4.68. The van der Waals surface area contributed by atoms with Crippen molar-refractivity contribution < 1.29 is 19.2 Å². The molecule has 2 atom stereocenters. The number of Topliss-reactive ketones (excluding diaryl/α,β-unsaturated/α-hetero) is 1. The smallest absolute Gasteiger partial charge is 0.247 e. The van der Waals surface area contributed by atoms with Gasteiger partial charge in [-0.25, -0.2) is 0 Å². The molecular weight excluding hydrogens is 636 g/mol. The molecule has 2 aliphatic heterocycles. The van der Waals surface area contributed by atoms with Crippen molar-refractivity contribution in [2.45, 2.75) is 70.4 Å². The monoisotopic (exact) mass is 680 g/mol. The van der Waals surface area contributed by atoms with E-state index in [1.54, 1.807) is 9.80 Å². The lowest BCUT2D eigenvalue weighted by Crippen LogP contribution is -2.43. The molecule has 0 unspecified atom stereocenters. The number of amides is 3. The maximum absolute atomic E-state index is 13.6. The van der Waals surface area contributed by atoms with Crippen LogP contribution in [0.3, 0.4) is 0 Å². The van der Waals surface area contributed by atoms with Gasteiger partial charge in [0.1, 0.15) is 6.04 Å². The number of anilines is 1. The number of ketones is 1. The topological polar surface area (TPSA) is 103 Å². The predicted octanol–water partition coefficient (Wildman–Crippen LogP) is 6.91. The highest BCUT2D eigenvalue weighted by molar-refractivity contribution is 5.98. The SMILES string of the molecule is CCc1c(-c2ccc(NC(=O)[C@@H]3CCCN3C(=O)Cc3ccccc3)cc2)[nH]c2ccc(CC(=O)[C@@H]3CCCN3C(=O)Cc3ccccc3)cc12. The Balaban J connectivity index is 1.01. The number of benzene rings is 4. The zero-order valence-electron chi connectivity index (χ0n) is 29.1. The lowest BCUT2D eigenvalue weighted by molar-refractivity contribution is -0.136. The molecule has 4 aromatic carbocycles. The van der Waals surface area contributed by atoms with Crippen molar-refractivity contribution >= 4 is 40.1 Å². The third-order valence-electron chi connectivity index (χ3n) is 10.4. The summed E-state index contributed by atoms with van der Waals surface area (Å²) >= 11 is 0. The van der Waals surface area contributed by atoms with Crippen LogP contribution >= 0.6 is 0 Å². The van der Waals surface area contributed by atoms with Crippen LogP contribution in [-0.4, -0.2) is 63.5 Å². The van der Waals surface area contributed by atoms with Gasteiger partial charge in [-0.3, -0.25) is 19.2 Å². The van der Waals surface area contributed by atoms with Crippen LogP contribution in [-0.2, 0) is 44.9 Å². The van der Waals surface area contributed by atoms with Crippen LogP contribution in [0.4, 0.5) is 5.69 Å². The van der Waals surface area contributed by atoms with Crippen molar-refractivity contribution in [3.8, 4) is 11.3 Å². The first-order chi connectivity index (χ1) is 24.9. The first kappa shape index (κ1) is 34.0. The van der Waals surface area contributed by atoms with Crippen molar-refractivity contribution in [3.05, 3.63) is 125 Å². The zero-order chi connectivity index (χ0) is 35.3. The van der Waals surface area contributed by atoms with Crippen LogP contribution in [0, 0.1) is 0 Å². The van der Waals surface area contributed by atoms with E-state index in [9.17, 15) is 19.2 Å². The van der Waals surface area contributed by atoms with Crippen LogP contribution in [0.2, 0.25) is 0 Å². The Hall–Kier alpha value is -5.50. The number of aromatic amines is 1. The maximum Gasteiger partial charge on any atom is 0.247 e. The van der Waals surface area contributed by atoms with Gasteiger partial charge in [0.15, 0.2) is 5.78 Å². The Morgan fingerprint density at radius 1 is 0.686 bits per heavy atom. The Morgan fingerprint density at radius 3 is 1.88 bits per heavy atom. The summed E-state index contributed by atoms with van der Waals surface area (Å²) in [7, 11) is 0. The Labute approximate surface area is 298 Å². The highest BCUT2D eigenvalue weighted by Crippen LogP contribution is 2.33. The fraction of sp³-hybridized carbons (Fsp3) is 0.302. The molecule has 8 heteroatoms. The summed E-state index contributed by atoms with van der Waals surface area (Å²) in [5, 5.41) is 4.12. The molecule has 2 N–H and O–H groups in total. The maximum atomic E-state index is 13.6. The summed E-state index contributed by atoms with van der Waals surface area (Å²) in [6, 6.07) is 32.4. The number of aryl methyl sites for hydroxylation is 1. The Morgan fingerprint density at radius 2 is 1.27 bits per heavy atom. The van der Waals surface area contributed by atoms with Gasteiger partial charge in [0.05, 0.1) is 18.9 Å². The van der Waals surface area contributed by atoms with E-state index in [0.29, 0.717) is 38.0 Å². The van der Waals surface area contributed by atoms with Crippen LogP contribution < -0.4 is 5.32 Å². The minimum absolute atomic E-state index is 0.0103. The molecule has 3 heterocycles. The average molecular weight is 681 g/mol. The summed E-state index contributed by atoms with van der Waals surface area (Å²) in [5.41, 5.74) is 7.70. The van der Waals surface area contributed by atoms with Gasteiger partial charge in [0, 0.05) is 41.8 Å². The fourth-order valence-corrected chi connectivity index (χ4v) is 7.77. The third kappa shape index (κ3) is 7.50. The minimum Gasteiger partial charge on any atom is -0.354 e. The molecule has 2 saturated heterocycles. The predicted molar refractivity (Wildman–Crippen MR) is 200 cm³/mol. The second-order valence-corrected chi connectivity index (χ2v) is 13.7. The van der Waals surface area contributed by atoms with Crippen molar-refractivity contribution in [2.75, 3.05) is 18.4 Å². The quantitative estimate of drug-likeness (QED) is 0.158. The standard InChI is InChI=1S/C43H44N4O4/c1-2-34-35-25-31(26-39(48)37-15-9-23-46(37)40(49)27-29-11-5-3-6-12-29)17-22-36(35)45-42(34)32-18-20-33(21-19-32)44-43(51)38-16-10-24-47(38)41(50)28-30-13-7-4-8-14-30/h3-8,11-14,17-22,25,37-38,45H,2,9-10,15-16,23-24,26-28H2,1H3,(H,44,51)/t37-,38-/m0/s1. The molecule has 2 fully saturated rings. The van der Waals surface area contributed by atoms with Gasteiger partial charge >= 0.3 is 0 Å². The van der Waals surface area contributed by atoms with Gasteiger partial charge in [-0.2, -0.15) is 0 Å². The van der Waals surface area contributed by atoms with E-state index in [2.05, 4.69) is 23.3 Å². The number of hydrogen-bond acceptors (Lipinski definition) is 4. The molecule has 0 spiro atoms. The number of carbonyl (C=O) groups is 4. The van der Waals surface area contributed by atoms with E-state index in [-0.39, 0.29) is 42.4 Å². The second kappa shape index (κ2) is 15.2. The number of carbonyl (C=O) groups excluding carboxylic acids is 4. The van der Waals surface area contributed by atoms with Crippen LogP contribution in [0.1, 0.15) is 54.9 Å². The first-order valence-corrected chi connectivity index (χ1v) is 18.1. The van der Waals surface area contributed by atoms with Gasteiger partial charge in [0.2, 0.25) is 17.7 Å². The van der Waals surface area contributed by atoms with Crippen LogP contribution in [0.15, 0.2) is 103 Å². The minimum atomic E-state index is -0.478. The molecule has 2 aliphatic rings. The van der Waals surface area contributed by atoms with E-state index in [1.807, 2.05) is 97.1 Å². The molecule has 5 aromatic rings. The summed E-state index contributed by atoms with van der Waals surface area (Å²) < 4.78 is 0. The Kier molecular flexibility index (Phi) is 10.1. The van der Waals surface area contributed by atoms with Crippen molar-refractivity contribution in [1.82, 2.24) is 14.8 Å². The van der Waals surface area contributed by atoms with Crippen LogP contribution in [0.5, 0.6) is 0 Å². The number of rotatable bonds is 11. The number of hydrogen-bond donors (Lipinski definition) is 2. The fourth-order valence-electron chi connectivity index (χ4n) is 7.77. The summed E-state index contributed by atoms with van der Waals surface area (Å²) in [4.78, 5) is 60.2. The third-order valence-corrected chi connectivity index (χ3v) is 10.4. The van der Waals surface area contributed by atoms with Gasteiger partial charge in [-0.15, -0.1) is 0 Å². The molecule has 3 amide bonds. The second-order valence-electron chi connectivity index (χ2n) is 13.7. The van der Waals surface area contributed by atoms with Gasteiger partial charge in [0.25, 0.3) is 0 Å². The van der Waals surface area contributed by atoms with Gasteiger partial charge in [-0.05, 0) is 84.2 Å². The molecule has 1 aromatic heterocycles. The average Bonchev–Trinajstić information content (AvgIpc) is 3.92. The molecule has 0 aliphatic carbocycles. The number of likely N-dealkylation sites (tertiary alicyclic amines) is 2. The molecule has 0 saturated carbocycles. The molecule has 260 valence electrons. The van der Waals surface area contributed by atoms with E-state index >= 15 is 0 Å². The van der Waals surface area contributed by atoms with E-state index in [1.165, 1.54) is 0 Å². The number of nitrogens with zero attached hydrogens (tertiary/aromatic N) is 2.